The third-order valence-corrected chi connectivity index (χ3v) is 3.75. The number of aryl methyl sites for hydroxylation is 1. The number of rotatable bonds is 8. The molecule has 0 radical (unpaired) electrons. The largest absolute Gasteiger partial charge is 0.434 e. The predicted molar refractivity (Wildman–Crippen MR) is 95.7 cm³/mol. The quantitative estimate of drug-likeness (QED) is 0.356. The number of imide groups is 1. The maximum atomic E-state index is 12.6. The second kappa shape index (κ2) is 9.70. The SMILES string of the molecule is CCNC(=NCc1cc(C)ccc1OC(F)F)NCCN1C(=O)CNC1=O. The fourth-order valence-corrected chi connectivity index (χ4v) is 2.52. The van der Waals surface area contributed by atoms with Crippen LogP contribution in [0.3, 0.4) is 0 Å². The van der Waals surface area contributed by atoms with Gasteiger partial charge in [0, 0.05) is 25.2 Å². The monoisotopic (exact) mass is 383 g/mol. The lowest BCUT2D eigenvalue weighted by Crippen LogP contribution is -2.43. The summed E-state index contributed by atoms with van der Waals surface area (Å²) in [5.41, 5.74) is 1.43. The second-order valence-electron chi connectivity index (χ2n) is 5.82. The van der Waals surface area contributed by atoms with Crippen molar-refractivity contribution in [2.45, 2.75) is 27.0 Å². The number of amides is 3. The molecule has 1 aliphatic rings. The molecule has 0 saturated carbocycles. The van der Waals surface area contributed by atoms with Crippen molar-refractivity contribution >= 4 is 17.9 Å². The molecule has 3 amide bonds. The Morgan fingerprint density at radius 3 is 2.78 bits per heavy atom. The molecule has 27 heavy (non-hydrogen) atoms. The van der Waals surface area contributed by atoms with Gasteiger partial charge in [-0.1, -0.05) is 17.7 Å². The van der Waals surface area contributed by atoms with Crippen molar-refractivity contribution in [1.29, 1.82) is 0 Å². The number of carbonyl (C=O) groups excluding carboxylic acids is 2. The Balaban J connectivity index is 1.99. The van der Waals surface area contributed by atoms with E-state index in [1.165, 1.54) is 6.07 Å². The predicted octanol–water partition coefficient (Wildman–Crippen LogP) is 1.20. The molecule has 10 heteroatoms. The highest BCUT2D eigenvalue weighted by molar-refractivity contribution is 6.01. The highest BCUT2D eigenvalue weighted by Gasteiger charge is 2.27. The molecule has 0 atom stereocenters. The number of aliphatic imine (C=N–C) groups is 1. The van der Waals surface area contributed by atoms with Crippen LogP contribution in [0.25, 0.3) is 0 Å². The van der Waals surface area contributed by atoms with Crippen LogP contribution in [0, 0.1) is 6.92 Å². The lowest BCUT2D eigenvalue weighted by atomic mass is 10.1. The molecule has 0 unspecified atom stereocenters. The number of carbonyl (C=O) groups is 2. The van der Waals surface area contributed by atoms with Gasteiger partial charge in [0.25, 0.3) is 0 Å². The van der Waals surface area contributed by atoms with Gasteiger partial charge >= 0.3 is 12.6 Å². The Kier molecular flexibility index (Phi) is 7.33. The lowest BCUT2D eigenvalue weighted by Gasteiger charge is -2.16. The molecule has 8 nitrogen and oxygen atoms in total. The maximum Gasteiger partial charge on any atom is 0.387 e. The maximum absolute atomic E-state index is 12.6. The minimum atomic E-state index is -2.91. The van der Waals surface area contributed by atoms with E-state index in [-0.39, 0.29) is 31.3 Å². The molecule has 0 aromatic heterocycles. The van der Waals surface area contributed by atoms with Crippen molar-refractivity contribution in [2.75, 3.05) is 26.2 Å². The number of guanidine groups is 1. The molecule has 148 valence electrons. The summed E-state index contributed by atoms with van der Waals surface area (Å²) in [5, 5.41) is 8.48. The van der Waals surface area contributed by atoms with Crippen molar-refractivity contribution in [3.8, 4) is 5.75 Å². The van der Waals surface area contributed by atoms with Crippen LogP contribution in [0.5, 0.6) is 5.75 Å². The van der Waals surface area contributed by atoms with Crippen molar-refractivity contribution in [2.24, 2.45) is 4.99 Å². The van der Waals surface area contributed by atoms with Crippen LogP contribution in [0.15, 0.2) is 23.2 Å². The van der Waals surface area contributed by atoms with E-state index in [4.69, 9.17) is 0 Å². The van der Waals surface area contributed by atoms with Crippen molar-refractivity contribution < 1.29 is 23.1 Å². The van der Waals surface area contributed by atoms with E-state index in [9.17, 15) is 18.4 Å². The molecule has 0 aliphatic carbocycles. The van der Waals surface area contributed by atoms with E-state index in [1.54, 1.807) is 12.1 Å². The van der Waals surface area contributed by atoms with Gasteiger partial charge in [-0.15, -0.1) is 0 Å². The van der Waals surface area contributed by atoms with E-state index in [0.717, 1.165) is 10.5 Å². The van der Waals surface area contributed by atoms with E-state index in [2.05, 4.69) is 25.7 Å². The summed E-state index contributed by atoms with van der Waals surface area (Å²) in [4.78, 5) is 28.5. The number of hydrogen-bond acceptors (Lipinski definition) is 4. The normalized spacial score (nSPS) is 14.6. The third-order valence-electron chi connectivity index (χ3n) is 3.75. The minimum absolute atomic E-state index is 0.00720. The van der Waals surface area contributed by atoms with Crippen LogP contribution in [-0.2, 0) is 11.3 Å². The first-order valence-electron chi connectivity index (χ1n) is 8.55. The number of benzene rings is 1. The molecule has 3 N–H and O–H groups in total. The average Bonchev–Trinajstić information content (AvgIpc) is 2.93. The fourth-order valence-electron chi connectivity index (χ4n) is 2.52. The van der Waals surface area contributed by atoms with Crippen LogP contribution in [0.4, 0.5) is 13.6 Å². The number of nitrogens with one attached hydrogen (secondary N) is 3. The van der Waals surface area contributed by atoms with Crippen LogP contribution >= 0.6 is 0 Å². The zero-order chi connectivity index (χ0) is 19.8. The first-order valence-corrected chi connectivity index (χ1v) is 8.55. The summed E-state index contributed by atoms with van der Waals surface area (Å²) < 4.78 is 29.6. The van der Waals surface area contributed by atoms with E-state index in [0.29, 0.717) is 24.6 Å². The first kappa shape index (κ1) is 20.4. The summed E-state index contributed by atoms with van der Waals surface area (Å²) in [5.74, 6) is 0.237. The zero-order valence-corrected chi connectivity index (χ0v) is 15.2. The highest BCUT2D eigenvalue weighted by atomic mass is 19.3. The lowest BCUT2D eigenvalue weighted by molar-refractivity contribution is -0.124. The Labute approximate surface area is 156 Å². The van der Waals surface area contributed by atoms with Crippen molar-refractivity contribution in [1.82, 2.24) is 20.9 Å². The Morgan fingerprint density at radius 2 is 2.15 bits per heavy atom. The minimum Gasteiger partial charge on any atom is -0.434 e. The van der Waals surface area contributed by atoms with Gasteiger partial charge in [0.2, 0.25) is 5.91 Å². The van der Waals surface area contributed by atoms with Gasteiger partial charge in [-0.2, -0.15) is 8.78 Å². The molecular formula is C17H23F2N5O3. The summed E-state index contributed by atoms with van der Waals surface area (Å²) in [6.07, 6.45) is 0. The molecule has 0 spiro atoms. The number of urea groups is 1. The Hall–Kier alpha value is -2.91. The molecule has 1 saturated heterocycles. The molecule has 1 aromatic carbocycles. The third kappa shape index (κ3) is 6.08. The van der Waals surface area contributed by atoms with E-state index in [1.807, 2.05) is 13.8 Å². The summed E-state index contributed by atoms with van der Waals surface area (Å²) in [6.45, 7) is 2.04. The van der Waals surface area contributed by atoms with E-state index >= 15 is 0 Å². The molecule has 2 rings (SSSR count). The summed E-state index contributed by atoms with van der Waals surface area (Å²) in [6, 6.07) is 4.49. The second-order valence-corrected chi connectivity index (χ2v) is 5.82. The van der Waals surface area contributed by atoms with Gasteiger partial charge in [0.15, 0.2) is 5.96 Å². The molecule has 1 aliphatic heterocycles. The van der Waals surface area contributed by atoms with Gasteiger partial charge in [-0.05, 0) is 19.9 Å². The topological polar surface area (TPSA) is 95.1 Å². The van der Waals surface area contributed by atoms with Gasteiger partial charge in [0.1, 0.15) is 5.75 Å². The molecular weight excluding hydrogens is 360 g/mol. The zero-order valence-electron chi connectivity index (χ0n) is 15.2. The molecule has 1 heterocycles. The van der Waals surface area contributed by atoms with Gasteiger partial charge in [-0.3, -0.25) is 9.69 Å². The average molecular weight is 383 g/mol. The van der Waals surface area contributed by atoms with Crippen LogP contribution in [-0.4, -0.2) is 55.6 Å². The van der Waals surface area contributed by atoms with Crippen molar-refractivity contribution in [3.63, 3.8) is 0 Å². The Morgan fingerprint density at radius 1 is 1.37 bits per heavy atom. The van der Waals surface area contributed by atoms with E-state index < -0.39 is 12.6 Å². The highest BCUT2D eigenvalue weighted by Crippen LogP contribution is 2.22. The number of ether oxygens (including phenoxy) is 1. The van der Waals surface area contributed by atoms with Crippen LogP contribution < -0.4 is 20.7 Å². The van der Waals surface area contributed by atoms with Crippen molar-refractivity contribution in [3.05, 3.63) is 29.3 Å². The number of alkyl halides is 2. The van der Waals surface area contributed by atoms with Crippen LogP contribution in [0.1, 0.15) is 18.1 Å². The first-order chi connectivity index (χ1) is 12.9. The molecule has 0 bridgehead atoms. The molecule has 1 fully saturated rings. The smallest absolute Gasteiger partial charge is 0.387 e. The number of nitrogens with zero attached hydrogens (tertiary/aromatic N) is 2. The standard InChI is InChI=1S/C17H23F2N5O3/c1-3-20-16(21-6-7-24-14(25)10-23-17(24)26)22-9-12-8-11(2)4-5-13(12)27-15(18)19/h4-5,8,15H,3,6-7,9-10H2,1-2H3,(H,23,26)(H2,20,21,22). The molecule has 1 aromatic rings. The fraction of sp³-hybridized carbons (Fsp3) is 0.471. The summed E-state index contributed by atoms with van der Waals surface area (Å²) in [7, 11) is 0. The van der Waals surface area contributed by atoms with Crippen LogP contribution in [0.2, 0.25) is 0 Å². The Bertz CT molecular complexity index is 696. The van der Waals surface area contributed by atoms with Gasteiger partial charge < -0.3 is 20.7 Å². The summed E-state index contributed by atoms with van der Waals surface area (Å²) >= 11 is 0. The number of hydrogen-bond donors (Lipinski definition) is 3. The number of halogens is 2. The van der Waals surface area contributed by atoms with Gasteiger partial charge in [0.05, 0.1) is 13.1 Å². The van der Waals surface area contributed by atoms with Gasteiger partial charge in [-0.25, -0.2) is 9.79 Å².